The molecule has 1 aromatic rings. The molecule has 1 aliphatic rings. The summed E-state index contributed by atoms with van der Waals surface area (Å²) in [5.41, 5.74) is 6.86. The molecule has 19 heavy (non-hydrogen) atoms. The Hall–Kier alpha value is -1.91. The van der Waals surface area contributed by atoms with Crippen LogP contribution in [0, 0.1) is 0 Å². The molecule has 5 heteroatoms. The molecule has 0 aromatic heterocycles. The predicted molar refractivity (Wildman–Crippen MR) is 75.9 cm³/mol. The molecular formula is C14H21N3O2. The molecule has 0 aliphatic heterocycles. The molecule has 3 N–H and O–H groups in total. The summed E-state index contributed by atoms with van der Waals surface area (Å²) >= 11 is 0. The minimum absolute atomic E-state index is 0.532. The van der Waals surface area contributed by atoms with Crippen molar-refractivity contribution < 1.29 is 9.47 Å². The van der Waals surface area contributed by atoms with Crippen LogP contribution in [0.3, 0.4) is 0 Å². The molecule has 0 saturated heterocycles. The van der Waals surface area contributed by atoms with Crippen LogP contribution < -0.4 is 20.5 Å². The number of nitrogens with zero attached hydrogens (tertiary/aromatic N) is 1. The first-order valence-electron chi connectivity index (χ1n) is 6.50. The first kappa shape index (κ1) is 13.5. The number of nitrogens with one attached hydrogen (secondary N) is 1. The normalized spacial score (nSPS) is 15.2. The highest BCUT2D eigenvalue weighted by Gasteiger charge is 2.21. The largest absolute Gasteiger partial charge is 0.497 e. The lowest BCUT2D eigenvalue weighted by Gasteiger charge is -2.09. The maximum atomic E-state index is 5.79. The van der Waals surface area contributed by atoms with Crippen molar-refractivity contribution >= 4 is 5.96 Å². The summed E-state index contributed by atoms with van der Waals surface area (Å²) in [6.07, 6.45) is 3.16. The first-order valence-corrected chi connectivity index (χ1v) is 6.50. The van der Waals surface area contributed by atoms with E-state index in [0.29, 0.717) is 18.5 Å². The Kier molecular flexibility index (Phi) is 4.49. The van der Waals surface area contributed by atoms with Crippen LogP contribution in [0.4, 0.5) is 0 Å². The van der Waals surface area contributed by atoms with Gasteiger partial charge >= 0.3 is 0 Å². The van der Waals surface area contributed by atoms with E-state index in [0.717, 1.165) is 23.5 Å². The first-order chi connectivity index (χ1) is 9.22. The lowest BCUT2D eigenvalue weighted by atomic mass is 10.1. The summed E-state index contributed by atoms with van der Waals surface area (Å²) in [5, 5.41) is 3.16. The second-order valence-electron chi connectivity index (χ2n) is 4.61. The Morgan fingerprint density at radius 2 is 2.16 bits per heavy atom. The molecule has 104 valence electrons. The number of hydrogen-bond donors (Lipinski definition) is 2. The molecule has 0 atom stereocenters. The second-order valence-corrected chi connectivity index (χ2v) is 4.61. The number of hydrogen-bond acceptors (Lipinski definition) is 3. The fourth-order valence-electron chi connectivity index (χ4n) is 1.86. The van der Waals surface area contributed by atoms with E-state index in [-0.39, 0.29) is 0 Å². The van der Waals surface area contributed by atoms with Gasteiger partial charge in [0.25, 0.3) is 0 Å². The molecule has 1 aromatic carbocycles. The molecule has 5 nitrogen and oxygen atoms in total. The predicted octanol–water partition coefficient (Wildman–Crippen LogP) is 1.31. The number of rotatable bonds is 6. The Morgan fingerprint density at radius 3 is 2.79 bits per heavy atom. The van der Waals surface area contributed by atoms with Gasteiger partial charge in [0.05, 0.1) is 14.2 Å². The highest BCUT2D eigenvalue weighted by Crippen LogP contribution is 2.24. The fourth-order valence-corrected chi connectivity index (χ4v) is 1.86. The average molecular weight is 263 g/mol. The van der Waals surface area contributed by atoms with Crippen LogP contribution >= 0.6 is 0 Å². The highest BCUT2D eigenvalue weighted by molar-refractivity contribution is 5.78. The van der Waals surface area contributed by atoms with E-state index < -0.39 is 0 Å². The van der Waals surface area contributed by atoms with Crippen molar-refractivity contribution in [1.29, 1.82) is 0 Å². The third-order valence-corrected chi connectivity index (χ3v) is 3.08. The lowest BCUT2D eigenvalue weighted by Crippen LogP contribution is -2.33. The van der Waals surface area contributed by atoms with Crippen molar-refractivity contribution in [1.82, 2.24) is 5.32 Å². The maximum absolute atomic E-state index is 5.79. The van der Waals surface area contributed by atoms with E-state index in [2.05, 4.69) is 10.3 Å². The molecule has 1 aliphatic carbocycles. The number of nitrogens with two attached hydrogens (primary N) is 1. The molecule has 0 amide bonds. The van der Waals surface area contributed by atoms with Gasteiger partial charge in [-0.2, -0.15) is 0 Å². The molecule has 0 heterocycles. The smallest absolute Gasteiger partial charge is 0.188 e. The zero-order valence-corrected chi connectivity index (χ0v) is 11.5. The van der Waals surface area contributed by atoms with Gasteiger partial charge in [0.15, 0.2) is 5.96 Å². The second kappa shape index (κ2) is 6.31. The molecule has 0 unspecified atom stereocenters. The zero-order valence-electron chi connectivity index (χ0n) is 11.5. The monoisotopic (exact) mass is 263 g/mol. The molecule has 0 spiro atoms. The van der Waals surface area contributed by atoms with Gasteiger partial charge in [-0.25, -0.2) is 0 Å². The minimum atomic E-state index is 0.532. The van der Waals surface area contributed by atoms with Crippen LogP contribution in [0.15, 0.2) is 23.2 Å². The van der Waals surface area contributed by atoms with Crippen molar-refractivity contribution in [3.63, 3.8) is 0 Å². The van der Waals surface area contributed by atoms with Crippen LogP contribution in [-0.4, -0.2) is 32.8 Å². The summed E-state index contributed by atoms with van der Waals surface area (Å²) in [5.74, 6) is 2.21. The fraction of sp³-hybridized carbons (Fsp3) is 0.500. The minimum Gasteiger partial charge on any atom is -0.497 e. The van der Waals surface area contributed by atoms with Crippen molar-refractivity contribution in [2.75, 3.05) is 20.8 Å². The van der Waals surface area contributed by atoms with Crippen molar-refractivity contribution in [3.05, 3.63) is 23.8 Å². The van der Waals surface area contributed by atoms with Gasteiger partial charge in [-0.1, -0.05) is 0 Å². The third kappa shape index (κ3) is 4.05. The van der Waals surface area contributed by atoms with Gasteiger partial charge < -0.3 is 20.5 Å². The Balaban J connectivity index is 1.93. The van der Waals surface area contributed by atoms with Gasteiger partial charge in [0.1, 0.15) is 11.5 Å². The van der Waals surface area contributed by atoms with Crippen molar-refractivity contribution in [2.24, 2.45) is 10.7 Å². The number of aliphatic imine (C=N–C) groups is 1. The van der Waals surface area contributed by atoms with Crippen LogP contribution in [0.25, 0.3) is 0 Å². The summed E-state index contributed by atoms with van der Waals surface area (Å²) in [7, 11) is 3.32. The van der Waals surface area contributed by atoms with Crippen molar-refractivity contribution in [2.45, 2.75) is 25.3 Å². The van der Waals surface area contributed by atoms with E-state index >= 15 is 0 Å². The van der Waals surface area contributed by atoms with E-state index in [1.165, 1.54) is 12.8 Å². The number of ether oxygens (including phenoxy) is 2. The molecule has 1 saturated carbocycles. The molecule has 1 fully saturated rings. The van der Waals surface area contributed by atoms with Gasteiger partial charge in [-0.05, 0) is 43.0 Å². The number of methoxy groups -OCH3 is 2. The highest BCUT2D eigenvalue weighted by atomic mass is 16.5. The van der Waals surface area contributed by atoms with E-state index in [1.807, 2.05) is 18.2 Å². The molecule has 2 rings (SSSR count). The molecule has 0 radical (unpaired) electrons. The van der Waals surface area contributed by atoms with Crippen LogP contribution in [0.5, 0.6) is 11.5 Å². The SMILES string of the molecule is COc1ccc(OC)c(CCN=C(N)NC2CC2)c1. The summed E-state index contributed by atoms with van der Waals surface area (Å²) in [6, 6.07) is 6.30. The van der Waals surface area contributed by atoms with E-state index in [9.17, 15) is 0 Å². The lowest BCUT2D eigenvalue weighted by molar-refractivity contribution is 0.399. The average Bonchev–Trinajstić information content (AvgIpc) is 3.22. The third-order valence-electron chi connectivity index (χ3n) is 3.08. The molecular weight excluding hydrogens is 242 g/mol. The van der Waals surface area contributed by atoms with Crippen LogP contribution in [-0.2, 0) is 6.42 Å². The number of guanidine groups is 1. The quantitative estimate of drug-likeness (QED) is 0.600. The van der Waals surface area contributed by atoms with Gasteiger partial charge in [0.2, 0.25) is 0 Å². The summed E-state index contributed by atoms with van der Waals surface area (Å²) in [4.78, 5) is 4.32. The Labute approximate surface area is 113 Å². The van der Waals surface area contributed by atoms with E-state index in [4.69, 9.17) is 15.2 Å². The Bertz CT molecular complexity index is 456. The van der Waals surface area contributed by atoms with Crippen LogP contribution in [0.2, 0.25) is 0 Å². The summed E-state index contributed by atoms with van der Waals surface area (Å²) in [6.45, 7) is 0.634. The van der Waals surface area contributed by atoms with Crippen molar-refractivity contribution in [3.8, 4) is 11.5 Å². The zero-order chi connectivity index (χ0) is 13.7. The van der Waals surface area contributed by atoms with Gasteiger partial charge in [-0.3, -0.25) is 4.99 Å². The van der Waals surface area contributed by atoms with E-state index in [1.54, 1.807) is 14.2 Å². The van der Waals surface area contributed by atoms with Gasteiger partial charge in [0, 0.05) is 12.6 Å². The Morgan fingerprint density at radius 1 is 1.37 bits per heavy atom. The van der Waals surface area contributed by atoms with Gasteiger partial charge in [-0.15, -0.1) is 0 Å². The maximum Gasteiger partial charge on any atom is 0.188 e. The summed E-state index contributed by atoms with van der Waals surface area (Å²) < 4.78 is 10.5. The topological polar surface area (TPSA) is 68.9 Å². The number of benzene rings is 1. The molecule has 0 bridgehead atoms. The standard InChI is InChI=1S/C14H21N3O2/c1-18-12-5-6-13(19-2)10(9-12)7-8-16-14(15)17-11-3-4-11/h5-6,9,11H,3-4,7-8H2,1-2H3,(H3,15,16,17). The van der Waals surface area contributed by atoms with Crippen LogP contribution in [0.1, 0.15) is 18.4 Å².